The van der Waals surface area contributed by atoms with Crippen molar-refractivity contribution in [3.8, 4) is 0 Å². The van der Waals surface area contributed by atoms with Gasteiger partial charge in [-0.2, -0.15) is 3.89 Å². The Morgan fingerprint density at radius 2 is 2.27 bits per heavy atom. The number of nitrogens with zero attached hydrogens (tertiary/aromatic N) is 1. The maximum atomic E-state index is 12.7. The van der Waals surface area contributed by atoms with E-state index >= 15 is 0 Å². The molecular formula is C6H4BrF2NS. The first-order chi connectivity index (χ1) is 5.15. The smallest absolute Gasteiger partial charge is 0.157 e. The Morgan fingerprint density at radius 1 is 1.64 bits per heavy atom. The number of aromatic nitrogens is 1. The maximum absolute atomic E-state index is 12.7. The van der Waals surface area contributed by atoms with E-state index in [-0.39, 0.29) is 21.6 Å². The van der Waals surface area contributed by atoms with Crippen LogP contribution in [0.25, 0.3) is 0 Å². The molecule has 0 aromatic carbocycles. The summed E-state index contributed by atoms with van der Waals surface area (Å²) in [7, 11) is 0. The summed E-state index contributed by atoms with van der Waals surface area (Å²) in [4.78, 5) is 3.94. The molecule has 1 rings (SSSR count). The molecule has 60 valence electrons. The maximum Gasteiger partial charge on any atom is 0.157 e. The first-order valence-electron chi connectivity index (χ1n) is 2.76. The van der Waals surface area contributed by atoms with E-state index in [1.54, 1.807) is 6.92 Å². The summed E-state index contributed by atoms with van der Waals surface area (Å²) in [5.41, 5.74) is 0.478. The van der Waals surface area contributed by atoms with E-state index in [0.717, 1.165) is 6.07 Å². The fourth-order valence-corrected chi connectivity index (χ4v) is 1.30. The van der Waals surface area contributed by atoms with Crippen LogP contribution in [0, 0.1) is 12.7 Å². The lowest BCUT2D eigenvalue weighted by molar-refractivity contribution is 0.605. The van der Waals surface area contributed by atoms with E-state index in [0.29, 0.717) is 5.69 Å². The zero-order chi connectivity index (χ0) is 8.43. The molecule has 0 amide bonds. The summed E-state index contributed by atoms with van der Waals surface area (Å²) >= 11 is 2.89. The predicted octanol–water partition coefficient (Wildman–Crippen LogP) is 3.27. The van der Waals surface area contributed by atoms with Crippen LogP contribution in [0.5, 0.6) is 0 Å². The zero-order valence-corrected chi connectivity index (χ0v) is 7.97. The van der Waals surface area contributed by atoms with Crippen LogP contribution in [0.1, 0.15) is 5.69 Å². The first kappa shape index (κ1) is 8.93. The van der Waals surface area contributed by atoms with Crippen molar-refractivity contribution in [3.05, 3.63) is 22.2 Å². The predicted molar refractivity (Wildman–Crippen MR) is 43.6 cm³/mol. The summed E-state index contributed by atoms with van der Waals surface area (Å²) in [5.74, 6) is -0.546. The van der Waals surface area contributed by atoms with E-state index in [9.17, 15) is 8.28 Å². The van der Waals surface area contributed by atoms with Crippen LogP contribution in [-0.4, -0.2) is 4.98 Å². The van der Waals surface area contributed by atoms with E-state index in [1.165, 1.54) is 0 Å². The van der Waals surface area contributed by atoms with Crippen molar-refractivity contribution in [2.24, 2.45) is 0 Å². The van der Waals surface area contributed by atoms with Crippen molar-refractivity contribution in [1.29, 1.82) is 0 Å². The Labute approximate surface area is 75.6 Å². The molecule has 0 aliphatic carbocycles. The lowest BCUT2D eigenvalue weighted by Gasteiger charge is -1.99. The third-order valence-electron chi connectivity index (χ3n) is 1.16. The number of hydrogen-bond acceptors (Lipinski definition) is 2. The Balaban J connectivity index is 3.21. The molecule has 0 aliphatic rings. The third kappa shape index (κ3) is 1.90. The van der Waals surface area contributed by atoms with Gasteiger partial charge in [-0.1, -0.05) is 0 Å². The van der Waals surface area contributed by atoms with Crippen LogP contribution in [-0.2, 0) is 0 Å². The SMILES string of the molecule is Cc1nc(Br)c(F)cc1SF. The molecule has 0 unspecified atom stereocenters. The molecular weight excluding hydrogens is 236 g/mol. The molecule has 0 saturated heterocycles. The Bertz CT molecular complexity index is 280. The molecule has 0 bridgehead atoms. The molecule has 11 heavy (non-hydrogen) atoms. The fourth-order valence-electron chi connectivity index (χ4n) is 0.613. The normalized spacial score (nSPS) is 10.2. The van der Waals surface area contributed by atoms with Gasteiger partial charge in [0.25, 0.3) is 0 Å². The van der Waals surface area contributed by atoms with Crippen LogP contribution < -0.4 is 0 Å². The lowest BCUT2D eigenvalue weighted by Crippen LogP contribution is -1.89. The van der Waals surface area contributed by atoms with Crippen molar-refractivity contribution >= 4 is 28.1 Å². The minimum absolute atomic E-state index is 0.00505. The van der Waals surface area contributed by atoms with E-state index < -0.39 is 5.82 Å². The first-order valence-corrected chi connectivity index (χ1v) is 4.27. The largest absolute Gasteiger partial charge is 0.242 e. The van der Waals surface area contributed by atoms with Gasteiger partial charge in [0.05, 0.1) is 22.7 Å². The van der Waals surface area contributed by atoms with Crippen molar-refractivity contribution in [2.75, 3.05) is 0 Å². The number of halogens is 3. The quantitative estimate of drug-likeness (QED) is 0.698. The molecule has 1 aromatic heterocycles. The van der Waals surface area contributed by atoms with Crippen LogP contribution in [0.3, 0.4) is 0 Å². The second kappa shape index (κ2) is 3.49. The van der Waals surface area contributed by atoms with Gasteiger partial charge in [0.2, 0.25) is 0 Å². The van der Waals surface area contributed by atoms with Crippen LogP contribution in [0.4, 0.5) is 8.28 Å². The second-order valence-corrected chi connectivity index (χ2v) is 3.27. The highest BCUT2D eigenvalue weighted by atomic mass is 79.9. The van der Waals surface area contributed by atoms with E-state index in [4.69, 9.17) is 0 Å². The zero-order valence-electron chi connectivity index (χ0n) is 5.57. The Kier molecular flexibility index (Phi) is 2.84. The number of pyridine rings is 1. The van der Waals surface area contributed by atoms with Gasteiger partial charge >= 0.3 is 0 Å². The molecule has 0 N–H and O–H groups in total. The summed E-state index contributed by atoms with van der Waals surface area (Å²) in [6.07, 6.45) is 0. The average molecular weight is 240 g/mol. The van der Waals surface area contributed by atoms with Gasteiger partial charge in [0.1, 0.15) is 4.60 Å². The standard InChI is InChI=1S/C6H4BrF2NS/c1-3-5(11-9)2-4(8)6(7)10-3/h2H,1H3. The fraction of sp³-hybridized carbons (Fsp3) is 0.167. The monoisotopic (exact) mass is 239 g/mol. The Hall–Kier alpha value is -0.160. The van der Waals surface area contributed by atoms with Gasteiger partial charge in [-0.05, 0) is 28.9 Å². The molecule has 5 heteroatoms. The molecule has 0 spiro atoms. The summed E-state index contributed by atoms with van der Waals surface area (Å²) in [6, 6.07) is 1.11. The average Bonchev–Trinajstić information content (AvgIpc) is 1.97. The van der Waals surface area contributed by atoms with Gasteiger partial charge in [-0.3, -0.25) is 0 Å². The molecule has 0 saturated carbocycles. The number of aryl methyl sites for hydroxylation is 1. The van der Waals surface area contributed by atoms with Crippen molar-refractivity contribution in [1.82, 2.24) is 4.98 Å². The molecule has 1 aromatic rings. The minimum atomic E-state index is -0.546. The Morgan fingerprint density at radius 3 is 2.82 bits per heavy atom. The molecule has 0 radical (unpaired) electrons. The molecule has 0 fully saturated rings. The molecule has 1 nitrogen and oxygen atoms in total. The van der Waals surface area contributed by atoms with Crippen LogP contribution in [0.15, 0.2) is 15.6 Å². The van der Waals surface area contributed by atoms with Crippen molar-refractivity contribution < 1.29 is 8.28 Å². The molecule has 0 atom stereocenters. The summed E-state index contributed by atoms with van der Waals surface area (Å²) in [6.45, 7) is 1.62. The highest BCUT2D eigenvalue weighted by Crippen LogP contribution is 2.25. The van der Waals surface area contributed by atoms with Gasteiger partial charge in [-0.15, -0.1) is 0 Å². The van der Waals surface area contributed by atoms with E-state index in [1.807, 2.05) is 0 Å². The van der Waals surface area contributed by atoms with Gasteiger partial charge < -0.3 is 0 Å². The minimum Gasteiger partial charge on any atom is -0.242 e. The van der Waals surface area contributed by atoms with Crippen molar-refractivity contribution in [2.45, 2.75) is 11.8 Å². The highest BCUT2D eigenvalue weighted by Gasteiger charge is 2.06. The molecule has 1 heterocycles. The summed E-state index contributed by atoms with van der Waals surface area (Å²) < 4.78 is 24.8. The van der Waals surface area contributed by atoms with Crippen LogP contribution in [0.2, 0.25) is 0 Å². The topological polar surface area (TPSA) is 12.9 Å². The van der Waals surface area contributed by atoms with Gasteiger partial charge in [0, 0.05) is 0 Å². The third-order valence-corrected chi connectivity index (χ3v) is 2.30. The van der Waals surface area contributed by atoms with E-state index in [2.05, 4.69) is 20.9 Å². The molecule has 0 aliphatic heterocycles. The van der Waals surface area contributed by atoms with Crippen LogP contribution >= 0.6 is 28.1 Å². The summed E-state index contributed by atoms with van der Waals surface area (Å²) in [5, 5.41) is 0. The van der Waals surface area contributed by atoms with Gasteiger partial charge in [0.15, 0.2) is 5.82 Å². The number of rotatable bonds is 1. The highest BCUT2D eigenvalue weighted by molar-refractivity contribution is 9.10. The second-order valence-electron chi connectivity index (χ2n) is 1.92. The van der Waals surface area contributed by atoms with Gasteiger partial charge in [-0.25, -0.2) is 9.37 Å². The van der Waals surface area contributed by atoms with Crippen molar-refractivity contribution in [3.63, 3.8) is 0 Å². The number of hydrogen-bond donors (Lipinski definition) is 0. The lowest BCUT2D eigenvalue weighted by atomic mass is 10.4.